The summed E-state index contributed by atoms with van der Waals surface area (Å²) in [5.41, 5.74) is 0. The first kappa shape index (κ1) is 8.09. The van der Waals surface area contributed by atoms with E-state index in [4.69, 9.17) is 7.85 Å². The second-order valence-electron chi connectivity index (χ2n) is 3.13. The van der Waals surface area contributed by atoms with Crippen LogP contribution in [0.25, 0.3) is 0 Å². The van der Waals surface area contributed by atoms with Crippen LogP contribution >= 0.6 is 0 Å². The van der Waals surface area contributed by atoms with Crippen molar-refractivity contribution < 1.29 is 10.2 Å². The molecule has 0 aromatic heterocycles. The van der Waals surface area contributed by atoms with Crippen molar-refractivity contribution in [1.29, 1.82) is 0 Å². The van der Waals surface area contributed by atoms with E-state index < -0.39 is 6.10 Å². The lowest BCUT2D eigenvalue weighted by molar-refractivity contribution is 0.123. The van der Waals surface area contributed by atoms with Crippen LogP contribution in [0.5, 0.6) is 0 Å². The molecule has 0 saturated heterocycles. The lowest BCUT2D eigenvalue weighted by Crippen LogP contribution is -2.18. The van der Waals surface area contributed by atoms with E-state index in [-0.39, 0.29) is 17.9 Å². The molecule has 0 aromatic carbocycles. The molecule has 4 atom stereocenters. The van der Waals surface area contributed by atoms with Crippen LogP contribution in [0.4, 0.5) is 0 Å². The summed E-state index contributed by atoms with van der Waals surface area (Å²) in [7, 11) is 5.41. The molecule has 1 aliphatic rings. The largest absolute Gasteiger partial charge is 0.393 e. The molecule has 10 heavy (non-hydrogen) atoms. The van der Waals surface area contributed by atoms with Gasteiger partial charge < -0.3 is 10.2 Å². The first-order valence-corrected chi connectivity index (χ1v) is 3.73. The molecule has 2 nitrogen and oxygen atoms in total. The van der Waals surface area contributed by atoms with Crippen molar-refractivity contribution in [1.82, 2.24) is 0 Å². The van der Waals surface area contributed by atoms with Crippen LogP contribution in [-0.2, 0) is 0 Å². The predicted molar refractivity (Wildman–Crippen MR) is 39.8 cm³/mol. The van der Waals surface area contributed by atoms with Crippen LogP contribution < -0.4 is 0 Å². The van der Waals surface area contributed by atoms with Gasteiger partial charge in [-0.15, -0.1) is 0 Å². The van der Waals surface area contributed by atoms with Crippen molar-refractivity contribution in [3.8, 4) is 0 Å². The average molecular weight is 140 g/mol. The normalized spacial score (nSPS) is 47.9. The lowest BCUT2D eigenvalue weighted by Gasteiger charge is -2.16. The van der Waals surface area contributed by atoms with Crippen LogP contribution in [0, 0.1) is 11.8 Å². The summed E-state index contributed by atoms with van der Waals surface area (Å²) in [4.78, 5) is 0. The molecule has 2 radical (unpaired) electrons. The van der Waals surface area contributed by atoms with Gasteiger partial charge in [-0.1, -0.05) is 13.2 Å². The smallest absolute Gasteiger partial charge is 0.0658 e. The topological polar surface area (TPSA) is 40.5 Å². The molecule has 56 valence electrons. The first-order valence-electron chi connectivity index (χ1n) is 3.73. The van der Waals surface area contributed by atoms with Crippen LogP contribution in [0.2, 0.25) is 6.32 Å². The van der Waals surface area contributed by atoms with E-state index in [1.165, 1.54) is 0 Å². The third-order valence-electron chi connectivity index (χ3n) is 2.53. The minimum absolute atomic E-state index is 0.0926. The van der Waals surface area contributed by atoms with Crippen molar-refractivity contribution >= 4 is 7.85 Å². The van der Waals surface area contributed by atoms with Gasteiger partial charge in [0.05, 0.1) is 20.1 Å². The molecule has 0 amide bonds. The summed E-state index contributed by atoms with van der Waals surface area (Å²) in [5, 5.41) is 18.5. The van der Waals surface area contributed by atoms with E-state index in [9.17, 15) is 10.2 Å². The van der Waals surface area contributed by atoms with Crippen LogP contribution in [-0.4, -0.2) is 30.3 Å². The van der Waals surface area contributed by atoms with Gasteiger partial charge in [0.15, 0.2) is 0 Å². The maximum atomic E-state index is 9.29. The highest BCUT2D eigenvalue weighted by Gasteiger charge is 2.36. The van der Waals surface area contributed by atoms with Gasteiger partial charge in [0.25, 0.3) is 0 Å². The molecule has 1 fully saturated rings. The Morgan fingerprint density at radius 3 is 2.20 bits per heavy atom. The first-order chi connectivity index (χ1) is 4.66. The maximum absolute atomic E-state index is 9.29. The number of rotatable bonds is 1. The average Bonchev–Trinajstić information content (AvgIpc) is 2.09. The number of aliphatic hydroxyl groups is 2. The fraction of sp³-hybridized carbons (Fsp3) is 1.00. The zero-order chi connectivity index (χ0) is 7.72. The fourth-order valence-electron chi connectivity index (χ4n) is 1.64. The molecule has 0 aromatic rings. The molecule has 1 aliphatic carbocycles. The Kier molecular flexibility index (Phi) is 2.37. The maximum Gasteiger partial charge on any atom is 0.0658 e. The molecule has 1 rings (SSSR count). The van der Waals surface area contributed by atoms with Gasteiger partial charge >= 0.3 is 0 Å². The number of hydrogen-bond acceptors (Lipinski definition) is 2. The third-order valence-corrected chi connectivity index (χ3v) is 2.53. The summed E-state index contributed by atoms with van der Waals surface area (Å²) < 4.78 is 0. The van der Waals surface area contributed by atoms with Crippen molar-refractivity contribution in [2.45, 2.75) is 31.9 Å². The monoisotopic (exact) mass is 140 g/mol. The molecule has 0 heterocycles. The lowest BCUT2D eigenvalue weighted by atomic mass is 9.83. The molecule has 0 bridgehead atoms. The Labute approximate surface area is 62.7 Å². The van der Waals surface area contributed by atoms with E-state index in [1.54, 1.807) is 0 Å². The highest BCUT2D eigenvalue weighted by atomic mass is 16.3. The van der Waals surface area contributed by atoms with E-state index in [0.29, 0.717) is 12.7 Å². The van der Waals surface area contributed by atoms with Gasteiger partial charge in [0, 0.05) is 0 Å². The Balaban J connectivity index is 2.55. The minimum atomic E-state index is -0.394. The quantitative estimate of drug-likeness (QED) is 0.501. The van der Waals surface area contributed by atoms with Crippen molar-refractivity contribution in [3.05, 3.63) is 0 Å². The van der Waals surface area contributed by atoms with Crippen LogP contribution in [0.15, 0.2) is 0 Å². The van der Waals surface area contributed by atoms with Crippen LogP contribution in [0.1, 0.15) is 13.3 Å². The van der Waals surface area contributed by atoms with Gasteiger partial charge in [-0.2, -0.15) is 0 Å². The summed E-state index contributed by atoms with van der Waals surface area (Å²) >= 11 is 0. The van der Waals surface area contributed by atoms with Crippen molar-refractivity contribution in [2.75, 3.05) is 0 Å². The van der Waals surface area contributed by atoms with E-state index in [0.717, 1.165) is 0 Å². The van der Waals surface area contributed by atoms with Gasteiger partial charge in [-0.05, 0) is 18.3 Å². The molecule has 0 spiro atoms. The Hall–Kier alpha value is -0.0151. The Morgan fingerprint density at radius 2 is 2.00 bits per heavy atom. The minimum Gasteiger partial charge on any atom is -0.393 e. The Morgan fingerprint density at radius 1 is 1.40 bits per heavy atom. The SMILES string of the molecule is [B]CC1C(O)CC(O)C1C. The standard InChI is InChI=1S/C7H13BO2/c1-4-5(3-8)7(10)2-6(4)9/h4-7,9-10H,2-3H2,1H3. The summed E-state index contributed by atoms with van der Waals surface area (Å²) in [6.45, 7) is 1.93. The predicted octanol–water partition coefficient (Wildman–Crippen LogP) is -0.0490. The molecular weight excluding hydrogens is 127 g/mol. The van der Waals surface area contributed by atoms with Gasteiger partial charge in [-0.3, -0.25) is 0 Å². The van der Waals surface area contributed by atoms with Crippen LogP contribution in [0.3, 0.4) is 0 Å². The van der Waals surface area contributed by atoms with Gasteiger partial charge in [0.1, 0.15) is 0 Å². The fourth-order valence-corrected chi connectivity index (χ4v) is 1.64. The third kappa shape index (κ3) is 1.20. The summed E-state index contributed by atoms with van der Waals surface area (Å²) in [5.74, 6) is 0.245. The number of hydrogen-bond donors (Lipinski definition) is 2. The van der Waals surface area contributed by atoms with E-state index in [1.807, 2.05) is 6.92 Å². The van der Waals surface area contributed by atoms with Gasteiger partial charge in [-0.25, -0.2) is 0 Å². The highest BCUT2D eigenvalue weighted by Crippen LogP contribution is 2.33. The van der Waals surface area contributed by atoms with Crippen molar-refractivity contribution in [2.24, 2.45) is 11.8 Å². The molecule has 4 unspecified atom stereocenters. The Bertz CT molecular complexity index is 118. The van der Waals surface area contributed by atoms with E-state index in [2.05, 4.69) is 0 Å². The zero-order valence-electron chi connectivity index (χ0n) is 6.20. The van der Waals surface area contributed by atoms with Crippen molar-refractivity contribution in [3.63, 3.8) is 0 Å². The number of aliphatic hydroxyl groups excluding tert-OH is 2. The zero-order valence-corrected chi connectivity index (χ0v) is 6.20. The van der Waals surface area contributed by atoms with E-state index >= 15 is 0 Å². The molecule has 2 N–H and O–H groups in total. The summed E-state index contributed by atoms with van der Waals surface area (Å²) in [6, 6.07) is 0. The second-order valence-corrected chi connectivity index (χ2v) is 3.13. The molecule has 1 saturated carbocycles. The second kappa shape index (κ2) is 2.93. The molecule has 3 heteroatoms. The molecular formula is C7H13BO2. The van der Waals surface area contributed by atoms with Gasteiger partial charge in [0.2, 0.25) is 0 Å². The summed E-state index contributed by atoms with van der Waals surface area (Å²) in [6.07, 6.45) is 0.209. The molecule has 0 aliphatic heterocycles. The highest BCUT2D eigenvalue weighted by molar-refractivity contribution is 6.08.